The van der Waals surface area contributed by atoms with E-state index >= 15 is 0 Å². The second kappa shape index (κ2) is 5.06. The van der Waals surface area contributed by atoms with E-state index in [9.17, 15) is 5.26 Å². The van der Waals surface area contributed by atoms with Crippen LogP contribution in [0.1, 0.15) is 5.56 Å². The molecule has 7 heteroatoms. The van der Waals surface area contributed by atoms with E-state index in [1.165, 1.54) is 0 Å². The second-order valence-electron chi connectivity index (χ2n) is 4.21. The molecule has 7 nitrogen and oxygen atoms in total. The van der Waals surface area contributed by atoms with Gasteiger partial charge >= 0.3 is 0 Å². The lowest BCUT2D eigenvalue weighted by molar-refractivity contribution is 0.122. The topological polar surface area (TPSA) is 91.3 Å². The number of morpholine rings is 1. The van der Waals surface area contributed by atoms with Crippen molar-refractivity contribution in [3.05, 3.63) is 5.56 Å². The van der Waals surface area contributed by atoms with Crippen LogP contribution in [-0.2, 0) is 4.74 Å². The molecule has 2 N–H and O–H groups in total. The zero-order valence-electron chi connectivity index (χ0n) is 10.6. The first-order chi connectivity index (χ1) is 8.63. The number of nitriles is 1. The summed E-state index contributed by atoms with van der Waals surface area (Å²) >= 11 is 0. The summed E-state index contributed by atoms with van der Waals surface area (Å²) in [7, 11) is 3.67. The summed E-state index contributed by atoms with van der Waals surface area (Å²) in [6, 6.07) is 2.08. The number of hydrogen-bond donors (Lipinski definition) is 1. The lowest BCUT2D eigenvalue weighted by atomic mass is 10.2. The lowest BCUT2D eigenvalue weighted by Crippen LogP contribution is -2.37. The SMILES string of the molecule is CN(C)c1nc(N)c(C#N)c(N2CCOCC2)n1. The van der Waals surface area contributed by atoms with Crippen LogP contribution in [0.3, 0.4) is 0 Å². The van der Waals surface area contributed by atoms with Gasteiger partial charge in [0.15, 0.2) is 5.82 Å². The maximum Gasteiger partial charge on any atom is 0.228 e. The third-order valence-corrected chi connectivity index (χ3v) is 2.73. The van der Waals surface area contributed by atoms with Crippen LogP contribution < -0.4 is 15.5 Å². The molecule has 0 aromatic carbocycles. The molecule has 0 spiro atoms. The Morgan fingerprint density at radius 2 is 2.00 bits per heavy atom. The number of nitrogen functional groups attached to an aromatic ring is 1. The fourth-order valence-corrected chi connectivity index (χ4v) is 1.77. The zero-order valence-corrected chi connectivity index (χ0v) is 10.6. The molecule has 0 unspecified atom stereocenters. The van der Waals surface area contributed by atoms with Gasteiger partial charge in [-0.2, -0.15) is 15.2 Å². The summed E-state index contributed by atoms with van der Waals surface area (Å²) in [6.07, 6.45) is 0. The van der Waals surface area contributed by atoms with Crippen molar-refractivity contribution >= 4 is 17.6 Å². The van der Waals surface area contributed by atoms with Gasteiger partial charge in [-0.15, -0.1) is 0 Å². The molecule has 1 aliphatic rings. The molecule has 1 saturated heterocycles. The predicted molar refractivity (Wildman–Crippen MR) is 68.5 cm³/mol. The van der Waals surface area contributed by atoms with E-state index in [4.69, 9.17) is 10.5 Å². The molecule has 0 amide bonds. The Morgan fingerprint density at radius 3 is 2.56 bits per heavy atom. The van der Waals surface area contributed by atoms with Crippen LogP contribution in [0.4, 0.5) is 17.6 Å². The Hall–Kier alpha value is -2.07. The smallest absolute Gasteiger partial charge is 0.228 e. The summed E-state index contributed by atoms with van der Waals surface area (Å²) in [4.78, 5) is 12.3. The zero-order chi connectivity index (χ0) is 13.1. The highest BCUT2D eigenvalue weighted by molar-refractivity contribution is 5.66. The standard InChI is InChI=1S/C11H16N6O/c1-16(2)11-14-9(13)8(7-12)10(15-11)17-3-5-18-6-4-17/h3-6H2,1-2H3,(H2,13,14,15). The van der Waals surface area contributed by atoms with Crippen molar-refractivity contribution < 1.29 is 4.74 Å². The normalized spacial score (nSPS) is 15.3. The molecule has 1 aromatic rings. The third-order valence-electron chi connectivity index (χ3n) is 2.73. The minimum atomic E-state index is 0.220. The number of anilines is 3. The fraction of sp³-hybridized carbons (Fsp3) is 0.545. The fourth-order valence-electron chi connectivity index (χ4n) is 1.77. The molecular formula is C11H16N6O. The van der Waals surface area contributed by atoms with Crippen molar-refractivity contribution in [1.82, 2.24) is 9.97 Å². The van der Waals surface area contributed by atoms with Crippen molar-refractivity contribution in [2.75, 3.05) is 55.9 Å². The monoisotopic (exact) mass is 248 g/mol. The molecule has 0 bridgehead atoms. The molecule has 0 aliphatic carbocycles. The molecule has 0 radical (unpaired) electrons. The summed E-state index contributed by atoms with van der Waals surface area (Å²) in [5, 5.41) is 9.18. The van der Waals surface area contributed by atoms with Crippen molar-refractivity contribution in [1.29, 1.82) is 5.26 Å². The minimum Gasteiger partial charge on any atom is -0.382 e. The van der Waals surface area contributed by atoms with Gasteiger partial charge in [0, 0.05) is 27.2 Å². The third kappa shape index (κ3) is 2.28. The molecule has 2 heterocycles. The van der Waals surface area contributed by atoms with E-state index in [0.717, 1.165) is 0 Å². The Morgan fingerprint density at radius 1 is 1.33 bits per heavy atom. The second-order valence-corrected chi connectivity index (χ2v) is 4.21. The van der Waals surface area contributed by atoms with Gasteiger partial charge in [0.1, 0.15) is 17.5 Å². The quantitative estimate of drug-likeness (QED) is 0.777. The van der Waals surface area contributed by atoms with Crippen LogP contribution in [-0.4, -0.2) is 50.4 Å². The first kappa shape index (κ1) is 12.4. The highest BCUT2D eigenvalue weighted by Crippen LogP contribution is 2.24. The average Bonchev–Trinajstić information content (AvgIpc) is 2.38. The van der Waals surface area contributed by atoms with Crippen LogP contribution in [0.2, 0.25) is 0 Å². The Kier molecular flexibility index (Phi) is 3.48. The molecule has 18 heavy (non-hydrogen) atoms. The summed E-state index contributed by atoms with van der Waals surface area (Å²) in [6.45, 7) is 2.67. The first-order valence-electron chi connectivity index (χ1n) is 5.71. The molecule has 2 rings (SSSR count). The molecule has 1 fully saturated rings. The number of nitrogens with two attached hydrogens (primary N) is 1. The minimum absolute atomic E-state index is 0.220. The van der Waals surface area contributed by atoms with E-state index in [0.29, 0.717) is 43.6 Å². The van der Waals surface area contributed by atoms with Crippen LogP contribution in [0.5, 0.6) is 0 Å². The van der Waals surface area contributed by atoms with Gasteiger partial charge in [0.25, 0.3) is 0 Å². The Labute approximate surface area is 106 Å². The molecule has 0 saturated carbocycles. The van der Waals surface area contributed by atoms with Gasteiger partial charge in [0.2, 0.25) is 5.95 Å². The molecule has 1 aromatic heterocycles. The summed E-state index contributed by atoms with van der Waals surface area (Å²) in [5.41, 5.74) is 6.15. The number of nitrogens with zero attached hydrogens (tertiary/aromatic N) is 5. The number of ether oxygens (including phenoxy) is 1. The van der Waals surface area contributed by atoms with Gasteiger partial charge in [0.05, 0.1) is 13.2 Å². The van der Waals surface area contributed by atoms with E-state index in [1.807, 2.05) is 19.0 Å². The first-order valence-corrected chi connectivity index (χ1v) is 5.71. The lowest BCUT2D eigenvalue weighted by Gasteiger charge is -2.29. The predicted octanol–water partition coefficient (Wildman–Crippen LogP) is -0.167. The van der Waals surface area contributed by atoms with Crippen LogP contribution >= 0.6 is 0 Å². The molecule has 0 atom stereocenters. The molecule has 1 aliphatic heterocycles. The summed E-state index contributed by atoms with van der Waals surface area (Å²) in [5.74, 6) is 1.32. The van der Waals surface area contributed by atoms with Crippen molar-refractivity contribution in [2.45, 2.75) is 0 Å². The van der Waals surface area contributed by atoms with Crippen molar-refractivity contribution in [2.24, 2.45) is 0 Å². The van der Waals surface area contributed by atoms with Crippen LogP contribution in [0, 0.1) is 11.3 Å². The molecular weight excluding hydrogens is 232 g/mol. The van der Waals surface area contributed by atoms with Gasteiger partial charge in [-0.25, -0.2) is 0 Å². The number of rotatable bonds is 2. The average molecular weight is 248 g/mol. The van der Waals surface area contributed by atoms with Crippen LogP contribution in [0.15, 0.2) is 0 Å². The van der Waals surface area contributed by atoms with Gasteiger partial charge in [-0.1, -0.05) is 0 Å². The van der Waals surface area contributed by atoms with Gasteiger partial charge in [-0.05, 0) is 0 Å². The summed E-state index contributed by atoms with van der Waals surface area (Å²) < 4.78 is 5.29. The van der Waals surface area contributed by atoms with E-state index in [-0.39, 0.29) is 5.82 Å². The van der Waals surface area contributed by atoms with E-state index in [2.05, 4.69) is 16.0 Å². The maximum atomic E-state index is 9.18. The van der Waals surface area contributed by atoms with E-state index in [1.54, 1.807) is 4.90 Å². The Balaban J connectivity index is 2.45. The Bertz CT molecular complexity index is 475. The highest BCUT2D eigenvalue weighted by atomic mass is 16.5. The number of hydrogen-bond acceptors (Lipinski definition) is 7. The van der Waals surface area contributed by atoms with E-state index < -0.39 is 0 Å². The van der Waals surface area contributed by atoms with Gasteiger partial charge < -0.3 is 20.3 Å². The van der Waals surface area contributed by atoms with Crippen molar-refractivity contribution in [3.63, 3.8) is 0 Å². The highest BCUT2D eigenvalue weighted by Gasteiger charge is 2.20. The van der Waals surface area contributed by atoms with Gasteiger partial charge in [-0.3, -0.25) is 0 Å². The number of aromatic nitrogens is 2. The molecule has 96 valence electrons. The largest absolute Gasteiger partial charge is 0.382 e. The van der Waals surface area contributed by atoms with Crippen molar-refractivity contribution in [3.8, 4) is 6.07 Å². The van der Waals surface area contributed by atoms with Crippen LogP contribution in [0.25, 0.3) is 0 Å². The maximum absolute atomic E-state index is 9.18.